The molecule has 0 bridgehead atoms. The third-order valence-electron chi connectivity index (χ3n) is 5.56. The van der Waals surface area contributed by atoms with E-state index < -0.39 is 45.7 Å². The number of aryl methyl sites for hydroxylation is 1. The van der Waals surface area contributed by atoms with Crippen molar-refractivity contribution in [3.8, 4) is 0 Å². The Balaban J connectivity index is 2.03. The summed E-state index contributed by atoms with van der Waals surface area (Å²) < 4.78 is 43.9. The Morgan fingerprint density at radius 1 is 1.33 bits per heavy atom. The average molecular weight is 582 g/mol. The zero-order valence-corrected chi connectivity index (χ0v) is 22.9. The van der Waals surface area contributed by atoms with Crippen molar-refractivity contribution in [1.82, 2.24) is 19.3 Å². The minimum absolute atomic E-state index is 0.0754. The van der Waals surface area contributed by atoms with E-state index in [0.717, 1.165) is 10.8 Å². The highest BCUT2D eigenvalue weighted by molar-refractivity contribution is 7.84. The molecule has 2 atom stereocenters. The molecule has 0 aliphatic rings. The van der Waals surface area contributed by atoms with Crippen LogP contribution in [0.2, 0.25) is 5.02 Å². The van der Waals surface area contributed by atoms with E-state index in [9.17, 15) is 24.3 Å². The molecule has 0 spiro atoms. The Kier molecular flexibility index (Phi) is 9.46. The lowest BCUT2D eigenvalue weighted by Gasteiger charge is -2.15. The average Bonchev–Trinajstić information content (AvgIpc) is 3.34. The normalized spacial score (nSPS) is 14.7. The molecule has 3 N–H and O–H groups in total. The molecule has 0 radical (unpaired) electrons. The molecule has 10 nitrogen and oxygen atoms in total. The molecule has 0 saturated carbocycles. The highest BCUT2D eigenvalue weighted by Crippen LogP contribution is 2.25. The Morgan fingerprint density at radius 3 is 2.62 bits per heavy atom. The van der Waals surface area contributed by atoms with Crippen LogP contribution in [0, 0.1) is 12.7 Å². The highest BCUT2D eigenvalue weighted by Gasteiger charge is 2.24. The van der Waals surface area contributed by atoms with Gasteiger partial charge in [-0.25, -0.2) is 13.8 Å². The molecular formula is C25H26ClF2N5O5S. The standard InChI is InChI=1S/C25H26ClF2N5O5S/c1-5-9-29-23(17-7-6-8-19(21(17)28)39(4)38)18(27)13-32-15(3)31-22(20(26)24(32)34)14(2)10-16-11-30-33(12-16)25(35,36)37/h5-9,11-14,35-37H,10H2,1-4H3/b9-5+,18-13-,29-23+. The van der Waals surface area contributed by atoms with E-state index in [0.29, 0.717) is 10.2 Å². The first-order valence-corrected chi connectivity index (χ1v) is 13.4. The summed E-state index contributed by atoms with van der Waals surface area (Å²) in [5.74, 6) is -2.36. The quantitative estimate of drug-likeness (QED) is 0.260. The number of aromatic nitrogens is 4. The molecule has 1 aromatic carbocycles. The van der Waals surface area contributed by atoms with Crippen molar-refractivity contribution in [2.75, 3.05) is 6.26 Å². The van der Waals surface area contributed by atoms with E-state index in [2.05, 4.69) is 15.1 Å². The molecular weight excluding hydrogens is 556 g/mol. The largest absolute Gasteiger partial charge is 0.389 e. The van der Waals surface area contributed by atoms with Crippen LogP contribution >= 0.6 is 11.6 Å². The van der Waals surface area contributed by atoms with Gasteiger partial charge in [0.05, 0.1) is 33.8 Å². The predicted molar refractivity (Wildman–Crippen MR) is 143 cm³/mol. The minimum Gasteiger partial charge on any atom is -0.324 e. The van der Waals surface area contributed by atoms with E-state index >= 15 is 8.78 Å². The highest BCUT2D eigenvalue weighted by atomic mass is 35.5. The van der Waals surface area contributed by atoms with E-state index in [1.54, 1.807) is 13.8 Å². The molecule has 3 rings (SSSR count). The number of benzene rings is 1. The number of allylic oxidation sites excluding steroid dienone is 2. The first-order chi connectivity index (χ1) is 18.3. The van der Waals surface area contributed by atoms with Crippen LogP contribution < -0.4 is 5.56 Å². The molecule has 14 heteroatoms. The topological polar surface area (TPSA) is 143 Å². The summed E-state index contributed by atoms with van der Waals surface area (Å²) in [5.41, 5.74) is -0.777. The van der Waals surface area contributed by atoms with Gasteiger partial charge in [-0.1, -0.05) is 30.7 Å². The van der Waals surface area contributed by atoms with E-state index in [-0.39, 0.29) is 33.4 Å². The third kappa shape index (κ3) is 6.81. The lowest BCUT2D eigenvalue weighted by Crippen LogP contribution is -2.32. The maximum atomic E-state index is 15.6. The van der Waals surface area contributed by atoms with Gasteiger partial charge >= 0.3 is 6.10 Å². The number of nitrogens with zero attached hydrogens (tertiary/aromatic N) is 5. The number of halogens is 3. The molecule has 39 heavy (non-hydrogen) atoms. The van der Waals surface area contributed by atoms with Gasteiger partial charge in [-0.2, -0.15) is 9.78 Å². The van der Waals surface area contributed by atoms with Gasteiger partial charge in [0.25, 0.3) is 5.56 Å². The summed E-state index contributed by atoms with van der Waals surface area (Å²) in [4.78, 5) is 21.3. The van der Waals surface area contributed by atoms with Crippen LogP contribution in [0.4, 0.5) is 8.78 Å². The summed E-state index contributed by atoms with van der Waals surface area (Å²) >= 11 is 6.33. The van der Waals surface area contributed by atoms with Crippen molar-refractivity contribution >= 4 is 34.3 Å². The minimum atomic E-state index is -3.17. The third-order valence-corrected chi connectivity index (χ3v) is 6.85. The lowest BCUT2D eigenvalue weighted by molar-refractivity contribution is -0.380. The molecule has 0 saturated heterocycles. The van der Waals surface area contributed by atoms with Gasteiger partial charge in [0.1, 0.15) is 22.4 Å². The number of hydrogen-bond donors (Lipinski definition) is 3. The summed E-state index contributed by atoms with van der Waals surface area (Å²) in [6.07, 6.45) is 4.38. The zero-order valence-electron chi connectivity index (χ0n) is 21.3. The van der Waals surface area contributed by atoms with Gasteiger partial charge in [-0.15, -0.1) is 0 Å². The summed E-state index contributed by atoms with van der Waals surface area (Å²) in [6.45, 7) is 4.80. The molecule has 0 aliphatic carbocycles. The van der Waals surface area contributed by atoms with Gasteiger partial charge < -0.3 is 15.3 Å². The summed E-state index contributed by atoms with van der Waals surface area (Å²) in [6, 6.07) is 4.02. The van der Waals surface area contributed by atoms with Crippen LogP contribution in [-0.4, -0.2) is 50.8 Å². The van der Waals surface area contributed by atoms with Crippen molar-refractivity contribution < 1.29 is 28.3 Å². The fourth-order valence-electron chi connectivity index (χ4n) is 3.70. The molecule has 2 unspecified atom stereocenters. The molecule has 2 aromatic heterocycles. The molecule has 0 amide bonds. The second-order valence-electron chi connectivity index (χ2n) is 8.54. The van der Waals surface area contributed by atoms with Crippen molar-refractivity contribution in [2.24, 2.45) is 4.99 Å². The second-order valence-corrected chi connectivity index (χ2v) is 10.3. The van der Waals surface area contributed by atoms with Crippen LogP contribution in [-0.2, 0) is 23.3 Å². The van der Waals surface area contributed by atoms with E-state index in [4.69, 9.17) is 11.6 Å². The van der Waals surface area contributed by atoms with Gasteiger partial charge in [0, 0.05) is 30.1 Å². The maximum absolute atomic E-state index is 15.6. The molecule has 0 aliphatic heterocycles. The fraction of sp³-hybridized carbons (Fsp3) is 0.280. The zero-order chi connectivity index (χ0) is 29.1. The number of rotatable bonds is 9. The van der Waals surface area contributed by atoms with Crippen molar-refractivity contribution in [2.45, 2.75) is 44.1 Å². The maximum Gasteiger partial charge on any atom is 0.389 e. The van der Waals surface area contributed by atoms with E-state index in [1.165, 1.54) is 56.0 Å². The monoisotopic (exact) mass is 581 g/mol. The molecule has 3 aromatic rings. The van der Waals surface area contributed by atoms with Crippen LogP contribution in [0.1, 0.15) is 42.4 Å². The molecule has 208 valence electrons. The molecule has 2 heterocycles. The Bertz CT molecular complexity index is 1560. The first kappa shape index (κ1) is 30.2. The summed E-state index contributed by atoms with van der Waals surface area (Å²) in [7, 11) is -1.67. The second kappa shape index (κ2) is 12.2. The number of aliphatic imine (C=N–C) groups is 1. The SMILES string of the molecule is C/C=C/N=C(/C(F)=C/n1c(C)nc(C(C)Cc2cnn(C(O)(O)O)c2)c(Cl)c1=O)c1cccc(S(C)=O)c1F. The number of aliphatic hydroxyl groups is 3. The van der Waals surface area contributed by atoms with Gasteiger partial charge in [0.15, 0.2) is 5.83 Å². The molecule has 0 fully saturated rings. The van der Waals surface area contributed by atoms with Crippen LogP contribution in [0.25, 0.3) is 6.20 Å². The van der Waals surface area contributed by atoms with Gasteiger partial charge in [0.2, 0.25) is 0 Å². The van der Waals surface area contributed by atoms with Crippen molar-refractivity contribution in [3.63, 3.8) is 0 Å². The van der Waals surface area contributed by atoms with Crippen LogP contribution in [0.5, 0.6) is 0 Å². The Hall–Kier alpha value is -3.36. The van der Waals surface area contributed by atoms with Crippen molar-refractivity contribution in [1.29, 1.82) is 0 Å². The first-order valence-electron chi connectivity index (χ1n) is 11.4. The van der Waals surface area contributed by atoms with Crippen LogP contribution in [0.15, 0.2) is 63.4 Å². The smallest absolute Gasteiger partial charge is 0.324 e. The fourth-order valence-corrected chi connectivity index (χ4v) is 4.65. The number of hydrogen-bond acceptors (Lipinski definition) is 8. The van der Waals surface area contributed by atoms with Crippen LogP contribution in [0.3, 0.4) is 0 Å². The van der Waals surface area contributed by atoms with Crippen molar-refractivity contribution in [3.05, 3.63) is 92.5 Å². The van der Waals surface area contributed by atoms with Gasteiger partial charge in [-0.05, 0) is 38.0 Å². The lowest BCUT2D eigenvalue weighted by atomic mass is 10.00. The predicted octanol–water partition coefficient (Wildman–Crippen LogP) is 2.96. The summed E-state index contributed by atoms with van der Waals surface area (Å²) in [5, 5.41) is 31.1. The van der Waals surface area contributed by atoms with E-state index in [1.807, 2.05) is 0 Å². The Labute approximate surface area is 229 Å². The van der Waals surface area contributed by atoms with Gasteiger partial charge in [-0.3, -0.25) is 18.6 Å². The Morgan fingerprint density at radius 2 is 2.03 bits per heavy atom.